The summed E-state index contributed by atoms with van der Waals surface area (Å²) in [5.74, 6) is -0.293. The van der Waals surface area contributed by atoms with Gasteiger partial charge in [-0.05, 0) is 18.6 Å². The Labute approximate surface area is 192 Å². The molecule has 1 aromatic heterocycles. The first-order valence-corrected chi connectivity index (χ1v) is 13.7. The van der Waals surface area contributed by atoms with E-state index in [9.17, 15) is 17.8 Å². The van der Waals surface area contributed by atoms with Crippen LogP contribution in [0, 0.1) is 0 Å². The first kappa shape index (κ1) is 26.5. The second-order valence-corrected chi connectivity index (χ2v) is 10.3. The summed E-state index contributed by atoms with van der Waals surface area (Å²) < 4.78 is 40.5. The Bertz CT molecular complexity index is 954. The second kappa shape index (κ2) is 14.4. The molecule has 180 valence electrons. The van der Waals surface area contributed by atoms with E-state index in [-0.39, 0.29) is 17.7 Å². The fourth-order valence-corrected chi connectivity index (χ4v) is 4.89. The SMILES string of the molecule is CCCCCCCCCCCCCCCCC(c1nc2ccccc2c(=O)o1)S(=O)(=O)[O-]. The molecule has 0 aliphatic carbocycles. The average Bonchev–Trinajstić information content (AvgIpc) is 2.75. The fraction of sp³-hybridized carbons (Fsp3) is 0.680. The van der Waals surface area contributed by atoms with Gasteiger partial charge < -0.3 is 8.97 Å². The normalized spacial score (nSPS) is 12.9. The van der Waals surface area contributed by atoms with Gasteiger partial charge in [0, 0.05) is 0 Å². The van der Waals surface area contributed by atoms with Crippen LogP contribution in [0.1, 0.15) is 114 Å². The Kier molecular flexibility index (Phi) is 12.0. The molecule has 32 heavy (non-hydrogen) atoms. The Hall–Kier alpha value is -1.73. The zero-order valence-electron chi connectivity index (χ0n) is 19.4. The van der Waals surface area contributed by atoms with E-state index in [1.54, 1.807) is 24.3 Å². The zero-order chi connectivity index (χ0) is 23.2. The van der Waals surface area contributed by atoms with Crippen LogP contribution in [0.5, 0.6) is 0 Å². The highest BCUT2D eigenvalue weighted by atomic mass is 32.2. The standard InChI is InChI=1S/C25H39NO5S/c1-2-3-4-5-6-7-8-9-10-11-12-13-14-15-20-23(32(28,29)30)24-26-22-19-17-16-18-21(22)25(27)31-24/h16-19,23H,2-15,20H2,1H3,(H,28,29,30)/p-1. The van der Waals surface area contributed by atoms with Gasteiger partial charge in [-0.15, -0.1) is 0 Å². The average molecular weight is 465 g/mol. The van der Waals surface area contributed by atoms with Crippen LogP contribution in [-0.4, -0.2) is 18.0 Å². The summed E-state index contributed by atoms with van der Waals surface area (Å²) in [5.41, 5.74) is -0.325. The quantitative estimate of drug-likeness (QED) is 0.192. The van der Waals surface area contributed by atoms with Gasteiger partial charge in [-0.25, -0.2) is 18.2 Å². The predicted octanol–water partition coefficient (Wildman–Crippen LogP) is 6.65. The maximum absolute atomic E-state index is 12.1. The van der Waals surface area contributed by atoms with E-state index in [0.717, 1.165) is 19.3 Å². The molecular formula is C25H38NO5S-. The van der Waals surface area contributed by atoms with Crippen molar-refractivity contribution in [1.29, 1.82) is 0 Å². The smallest absolute Gasteiger partial charge is 0.346 e. The van der Waals surface area contributed by atoms with E-state index in [2.05, 4.69) is 11.9 Å². The van der Waals surface area contributed by atoms with E-state index in [1.807, 2.05) is 0 Å². The maximum atomic E-state index is 12.1. The molecule has 0 fully saturated rings. The minimum atomic E-state index is -4.67. The Morgan fingerprint density at radius 2 is 1.34 bits per heavy atom. The molecule has 0 saturated heterocycles. The van der Waals surface area contributed by atoms with Gasteiger partial charge in [0.2, 0.25) is 5.89 Å². The van der Waals surface area contributed by atoms with Crippen molar-refractivity contribution in [2.75, 3.05) is 0 Å². The van der Waals surface area contributed by atoms with Crippen molar-refractivity contribution in [3.8, 4) is 0 Å². The summed E-state index contributed by atoms with van der Waals surface area (Å²) in [5, 5.41) is -1.15. The number of fused-ring (bicyclic) bond motifs is 1. The van der Waals surface area contributed by atoms with Gasteiger partial charge >= 0.3 is 5.63 Å². The van der Waals surface area contributed by atoms with Crippen LogP contribution < -0.4 is 5.63 Å². The first-order valence-electron chi connectivity index (χ1n) is 12.3. The molecule has 1 unspecified atom stereocenters. The summed E-state index contributed by atoms with van der Waals surface area (Å²) in [6.07, 6.45) is 16.8. The molecule has 0 radical (unpaired) electrons. The molecule has 0 spiro atoms. The van der Waals surface area contributed by atoms with Crippen molar-refractivity contribution in [3.63, 3.8) is 0 Å². The number of hydrogen-bond donors (Lipinski definition) is 0. The fourth-order valence-electron chi connectivity index (χ4n) is 4.09. The molecule has 0 aliphatic heterocycles. The number of benzene rings is 1. The second-order valence-electron chi connectivity index (χ2n) is 8.72. The molecule has 0 bridgehead atoms. The van der Waals surface area contributed by atoms with E-state index in [4.69, 9.17) is 4.42 Å². The van der Waals surface area contributed by atoms with Crippen molar-refractivity contribution in [1.82, 2.24) is 4.98 Å². The van der Waals surface area contributed by atoms with Gasteiger partial charge in [0.25, 0.3) is 0 Å². The maximum Gasteiger partial charge on any atom is 0.346 e. The monoisotopic (exact) mass is 464 g/mol. The number of rotatable bonds is 17. The number of para-hydroxylation sites is 1. The Balaban J connectivity index is 1.67. The molecule has 0 amide bonds. The van der Waals surface area contributed by atoms with Crippen LogP contribution in [0.3, 0.4) is 0 Å². The van der Waals surface area contributed by atoms with Gasteiger partial charge in [-0.1, -0.05) is 109 Å². The lowest BCUT2D eigenvalue weighted by molar-refractivity contribution is 0.390. The van der Waals surface area contributed by atoms with Gasteiger partial charge in [-0.2, -0.15) is 0 Å². The molecule has 1 heterocycles. The number of hydrogen-bond acceptors (Lipinski definition) is 6. The van der Waals surface area contributed by atoms with Gasteiger partial charge in [-0.3, -0.25) is 0 Å². The molecular weight excluding hydrogens is 426 g/mol. The predicted molar refractivity (Wildman–Crippen MR) is 128 cm³/mol. The zero-order valence-corrected chi connectivity index (χ0v) is 20.2. The molecule has 2 aromatic rings. The summed E-state index contributed by atoms with van der Waals surface area (Å²) in [6.45, 7) is 2.24. The molecule has 0 saturated carbocycles. The van der Waals surface area contributed by atoms with Gasteiger partial charge in [0.15, 0.2) is 0 Å². The first-order chi connectivity index (χ1) is 15.4. The Morgan fingerprint density at radius 3 is 1.88 bits per heavy atom. The third-order valence-corrected chi connectivity index (χ3v) is 7.13. The highest BCUT2D eigenvalue weighted by Crippen LogP contribution is 2.27. The summed E-state index contributed by atoms with van der Waals surface area (Å²) >= 11 is 0. The number of nitrogens with zero attached hydrogens (tertiary/aromatic N) is 1. The highest BCUT2D eigenvalue weighted by molar-refractivity contribution is 7.85. The molecule has 1 atom stereocenters. The van der Waals surface area contributed by atoms with Crippen molar-refractivity contribution in [3.05, 3.63) is 40.6 Å². The van der Waals surface area contributed by atoms with Crippen LogP contribution in [-0.2, 0) is 10.1 Å². The van der Waals surface area contributed by atoms with Crippen molar-refractivity contribution in [2.24, 2.45) is 0 Å². The minimum absolute atomic E-state index is 0.123. The number of aromatic nitrogens is 1. The number of unbranched alkanes of at least 4 members (excludes halogenated alkanes) is 13. The van der Waals surface area contributed by atoms with Crippen molar-refractivity contribution < 1.29 is 17.4 Å². The van der Waals surface area contributed by atoms with E-state index in [1.165, 1.54) is 64.2 Å². The summed E-state index contributed by atoms with van der Waals surface area (Å²) in [6, 6.07) is 6.55. The third-order valence-electron chi connectivity index (χ3n) is 6.00. The van der Waals surface area contributed by atoms with Gasteiger partial charge in [0.05, 0.1) is 10.9 Å². The lowest BCUT2D eigenvalue weighted by Gasteiger charge is -2.18. The van der Waals surface area contributed by atoms with Crippen LogP contribution in [0.2, 0.25) is 0 Å². The lowest BCUT2D eigenvalue weighted by Crippen LogP contribution is -2.17. The van der Waals surface area contributed by atoms with Crippen molar-refractivity contribution in [2.45, 2.75) is 108 Å². The van der Waals surface area contributed by atoms with Crippen LogP contribution >= 0.6 is 0 Å². The van der Waals surface area contributed by atoms with Crippen LogP contribution in [0.15, 0.2) is 33.5 Å². The molecule has 1 aromatic carbocycles. The molecule has 0 N–H and O–H groups in total. The highest BCUT2D eigenvalue weighted by Gasteiger charge is 2.24. The molecule has 2 rings (SSSR count). The van der Waals surface area contributed by atoms with E-state index >= 15 is 0 Å². The summed E-state index contributed by atoms with van der Waals surface area (Å²) in [4.78, 5) is 16.3. The molecule has 6 nitrogen and oxygen atoms in total. The van der Waals surface area contributed by atoms with Crippen molar-refractivity contribution >= 4 is 21.0 Å². The van der Waals surface area contributed by atoms with Crippen LogP contribution in [0.4, 0.5) is 0 Å². The lowest BCUT2D eigenvalue weighted by atomic mass is 10.0. The van der Waals surface area contributed by atoms with E-state index in [0.29, 0.717) is 11.9 Å². The largest absolute Gasteiger partial charge is 0.747 e. The van der Waals surface area contributed by atoms with E-state index < -0.39 is 21.0 Å². The third kappa shape index (κ3) is 9.41. The van der Waals surface area contributed by atoms with Gasteiger partial charge in [0.1, 0.15) is 15.4 Å². The Morgan fingerprint density at radius 1 is 0.844 bits per heavy atom. The topological polar surface area (TPSA) is 100 Å². The molecule has 0 aliphatic rings. The minimum Gasteiger partial charge on any atom is -0.747 e. The molecule has 7 heteroatoms. The van der Waals surface area contributed by atoms with Crippen LogP contribution in [0.25, 0.3) is 10.9 Å². The summed E-state index contributed by atoms with van der Waals surface area (Å²) in [7, 11) is -4.67.